The molecule has 6 nitrogen and oxygen atoms in total. The lowest BCUT2D eigenvalue weighted by Gasteiger charge is -2.24. The molecule has 1 aliphatic rings. The van der Waals surface area contributed by atoms with Crippen molar-refractivity contribution in [2.75, 3.05) is 17.2 Å². The molecule has 0 bridgehead atoms. The molecule has 4 N–H and O–H groups in total. The maximum absolute atomic E-state index is 12.2. The van der Waals surface area contributed by atoms with E-state index in [1.807, 2.05) is 6.92 Å². The highest BCUT2D eigenvalue weighted by Gasteiger charge is 2.28. The van der Waals surface area contributed by atoms with Crippen LogP contribution in [0.2, 0.25) is 5.02 Å². The molecule has 1 aromatic carbocycles. The molecule has 2 amide bonds. The Labute approximate surface area is 128 Å². The van der Waals surface area contributed by atoms with Gasteiger partial charge in [0.2, 0.25) is 5.91 Å². The zero-order chi connectivity index (χ0) is 15.6. The lowest BCUT2D eigenvalue weighted by molar-refractivity contribution is -0.121. The first kappa shape index (κ1) is 15.6. The van der Waals surface area contributed by atoms with Crippen LogP contribution < -0.4 is 21.1 Å². The van der Waals surface area contributed by atoms with Gasteiger partial charge in [0.05, 0.1) is 21.9 Å². The van der Waals surface area contributed by atoms with Gasteiger partial charge in [0, 0.05) is 6.07 Å². The number of nitrogens with one attached hydrogen (secondary N) is 2. The van der Waals surface area contributed by atoms with E-state index in [1.54, 1.807) is 13.0 Å². The van der Waals surface area contributed by atoms with Crippen LogP contribution in [-0.2, 0) is 9.59 Å². The number of benzene rings is 1. The first-order chi connectivity index (χ1) is 9.83. The van der Waals surface area contributed by atoms with E-state index in [0.29, 0.717) is 28.6 Å². The number of rotatable bonds is 4. The minimum absolute atomic E-state index is 0.0630. The van der Waals surface area contributed by atoms with Gasteiger partial charge >= 0.3 is 0 Å². The van der Waals surface area contributed by atoms with Gasteiger partial charge in [-0.1, -0.05) is 24.9 Å². The van der Waals surface area contributed by atoms with Gasteiger partial charge < -0.3 is 21.1 Å². The van der Waals surface area contributed by atoms with E-state index in [9.17, 15) is 9.59 Å². The first-order valence-electron chi connectivity index (χ1n) is 6.70. The van der Waals surface area contributed by atoms with Crippen molar-refractivity contribution in [1.82, 2.24) is 0 Å². The van der Waals surface area contributed by atoms with Crippen molar-refractivity contribution in [2.45, 2.75) is 32.2 Å². The summed E-state index contributed by atoms with van der Waals surface area (Å²) in [7, 11) is 0. The number of ether oxygens (including phenoxy) is 1. The predicted octanol–water partition coefficient (Wildman–Crippen LogP) is 2.13. The van der Waals surface area contributed by atoms with Gasteiger partial charge in [0.25, 0.3) is 5.91 Å². The molecule has 7 heteroatoms. The van der Waals surface area contributed by atoms with Crippen LogP contribution in [0.15, 0.2) is 12.1 Å². The largest absolute Gasteiger partial charge is 0.482 e. The lowest BCUT2D eigenvalue weighted by Crippen LogP contribution is -2.48. The van der Waals surface area contributed by atoms with Crippen molar-refractivity contribution < 1.29 is 14.3 Å². The molecule has 1 atom stereocenters. The second-order valence-electron chi connectivity index (χ2n) is 5.29. The molecular formula is C14H18ClN3O3. The van der Waals surface area contributed by atoms with Gasteiger partial charge in [0.1, 0.15) is 5.75 Å². The normalized spacial score (nSPS) is 16.3. The third-order valence-electron chi connectivity index (χ3n) is 3.24. The zero-order valence-corrected chi connectivity index (χ0v) is 12.7. The summed E-state index contributed by atoms with van der Waals surface area (Å²) in [6, 6.07) is 3.12. The monoisotopic (exact) mass is 311 g/mol. The average molecular weight is 312 g/mol. The molecule has 0 aliphatic carbocycles. The number of carbonyl (C=O) groups is 2. The molecule has 1 unspecified atom stereocenters. The van der Waals surface area contributed by atoms with Crippen LogP contribution in [0.5, 0.6) is 5.75 Å². The van der Waals surface area contributed by atoms with Crippen LogP contribution in [-0.4, -0.2) is 24.0 Å². The minimum Gasteiger partial charge on any atom is -0.482 e. The van der Waals surface area contributed by atoms with Crippen LogP contribution in [0.4, 0.5) is 11.4 Å². The fraction of sp³-hybridized carbons (Fsp3) is 0.429. The molecule has 0 saturated heterocycles. The highest BCUT2D eigenvalue weighted by atomic mass is 35.5. The smallest absolute Gasteiger partial charge is 0.262 e. The number of hydrogen-bond donors (Lipinski definition) is 3. The summed E-state index contributed by atoms with van der Waals surface area (Å²) in [5.74, 6) is -0.0950. The van der Waals surface area contributed by atoms with Gasteiger partial charge in [-0.15, -0.1) is 0 Å². The van der Waals surface area contributed by atoms with Crippen molar-refractivity contribution in [2.24, 2.45) is 5.73 Å². The summed E-state index contributed by atoms with van der Waals surface area (Å²) in [4.78, 5) is 23.4. The number of nitrogens with two attached hydrogens (primary N) is 1. The van der Waals surface area contributed by atoms with Gasteiger partial charge in [0.15, 0.2) is 6.61 Å². The summed E-state index contributed by atoms with van der Waals surface area (Å²) < 4.78 is 5.29. The Balaban J connectivity index is 2.22. The number of hydrogen-bond acceptors (Lipinski definition) is 4. The summed E-state index contributed by atoms with van der Waals surface area (Å²) in [5, 5.41) is 5.66. The minimum atomic E-state index is -0.969. The number of halogens is 1. The van der Waals surface area contributed by atoms with E-state index in [1.165, 1.54) is 6.07 Å². The molecular weight excluding hydrogens is 294 g/mol. The van der Waals surface area contributed by atoms with Crippen molar-refractivity contribution in [1.29, 1.82) is 0 Å². The molecule has 0 aromatic heterocycles. The second-order valence-corrected chi connectivity index (χ2v) is 5.69. The zero-order valence-electron chi connectivity index (χ0n) is 12.0. The van der Waals surface area contributed by atoms with E-state index < -0.39 is 5.54 Å². The summed E-state index contributed by atoms with van der Waals surface area (Å²) in [5.41, 5.74) is 5.90. The van der Waals surface area contributed by atoms with Crippen LogP contribution in [0.25, 0.3) is 0 Å². The van der Waals surface area contributed by atoms with E-state index >= 15 is 0 Å². The van der Waals surface area contributed by atoms with E-state index in [0.717, 1.165) is 6.42 Å². The fourth-order valence-electron chi connectivity index (χ4n) is 2.09. The number of carbonyl (C=O) groups excluding carboxylic acids is 2. The molecule has 0 fully saturated rings. The maximum atomic E-state index is 12.2. The Bertz CT molecular complexity index is 587. The van der Waals surface area contributed by atoms with Crippen molar-refractivity contribution >= 4 is 34.8 Å². The third-order valence-corrected chi connectivity index (χ3v) is 3.55. The van der Waals surface area contributed by atoms with Crippen LogP contribution in [0, 0.1) is 0 Å². The van der Waals surface area contributed by atoms with Crippen molar-refractivity contribution in [3.05, 3.63) is 17.2 Å². The number of fused-ring (bicyclic) bond motifs is 1. The molecule has 1 aromatic rings. The Morgan fingerprint density at radius 3 is 2.95 bits per heavy atom. The number of anilines is 2. The standard InChI is InChI=1S/C14H18ClN3O3/c1-3-4-14(2,16)13(20)18-9-6-11-10(5-8(9)15)17-12(19)7-21-11/h5-6H,3-4,7,16H2,1-2H3,(H,17,19)(H,18,20). The van der Waals surface area contributed by atoms with Gasteiger partial charge in [-0.25, -0.2) is 0 Å². The Hall–Kier alpha value is -1.79. The quantitative estimate of drug-likeness (QED) is 0.794. The molecule has 114 valence electrons. The molecule has 0 radical (unpaired) electrons. The number of amides is 2. The molecule has 0 spiro atoms. The maximum Gasteiger partial charge on any atom is 0.262 e. The highest BCUT2D eigenvalue weighted by Crippen LogP contribution is 2.36. The Morgan fingerprint density at radius 1 is 1.57 bits per heavy atom. The third kappa shape index (κ3) is 3.46. The topological polar surface area (TPSA) is 93.5 Å². The average Bonchev–Trinajstić information content (AvgIpc) is 2.39. The molecule has 1 aliphatic heterocycles. The Kier molecular flexibility index (Phi) is 4.39. The van der Waals surface area contributed by atoms with Gasteiger partial charge in [-0.2, -0.15) is 0 Å². The van der Waals surface area contributed by atoms with Gasteiger partial charge in [-0.3, -0.25) is 9.59 Å². The molecule has 21 heavy (non-hydrogen) atoms. The van der Waals surface area contributed by atoms with Crippen LogP contribution >= 0.6 is 11.6 Å². The van der Waals surface area contributed by atoms with E-state index in [2.05, 4.69) is 10.6 Å². The van der Waals surface area contributed by atoms with Crippen LogP contribution in [0.3, 0.4) is 0 Å². The van der Waals surface area contributed by atoms with Crippen LogP contribution in [0.1, 0.15) is 26.7 Å². The fourth-order valence-corrected chi connectivity index (χ4v) is 2.30. The lowest BCUT2D eigenvalue weighted by atomic mass is 9.96. The molecule has 0 saturated carbocycles. The second kappa shape index (κ2) is 5.91. The highest BCUT2D eigenvalue weighted by molar-refractivity contribution is 6.34. The SMILES string of the molecule is CCCC(C)(N)C(=O)Nc1cc2c(cc1Cl)NC(=O)CO2. The summed E-state index contributed by atoms with van der Waals surface area (Å²) in [6.45, 7) is 3.57. The van der Waals surface area contributed by atoms with E-state index in [-0.39, 0.29) is 18.4 Å². The van der Waals surface area contributed by atoms with E-state index in [4.69, 9.17) is 22.1 Å². The van der Waals surface area contributed by atoms with Crippen molar-refractivity contribution in [3.63, 3.8) is 0 Å². The Morgan fingerprint density at radius 2 is 2.29 bits per heavy atom. The van der Waals surface area contributed by atoms with Gasteiger partial charge in [-0.05, 0) is 19.4 Å². The molecule has 2 rings (SSSR count). The summed E-state index contributed by atoms with van der Waals surface area (Å²) >= 11 is 6.12. The first-order valence-corrected chi connectivity index (χ1v) is 7.08. The predicted molar refractivity (Wildman–Crippen MR) is 81.7 cm³/mol. The van der Waals surface area contributed by atoms with Crippen molar-refractivity contribution in [3.8, 4) is 5.75 Å². The molecule has 1 heterocycles. The summed E-state index contributed by atoms with van der Waals surface area (Å²) in [6.07, 6.45) is 1.36.